The largest absolute Gasteiger partial charge is 0.493 e. The summed E-state index contributed by atoms with van der Waals surface area (Å²) in [5.41, 5.74) is 5.53. The first kappa shape index (κ1) is 21.7. The van der Waals surface area contributed by atoms with Gasteiger partial charge in [0.2, 0.25) is 0 Å². The number of morpholine rings is 1. The van der Waals surface area contributed by atoms with E-state index in [4.69, 9.17) is 25.8 Å². The van der Waals surface area contributed by atoms with Crippen LogP contribution in [-0.4, -0.2) is 64.2 Å². The molecule has 166 valence electrons. The maximum absolute atomic E-state index is 13.5. The quantitative estimate of drug-likeness (QED) is 0.612. The van der Waals surface area contributed by atoms with Crippen molar-refractivity contribution in [1.82, 2.24) is 4.90 Å². The van der Waals surface area contributed by atoms with E-state index in [2.05, 4.69) is 15.3 Å². The van der Waals surface area contributed by atoms with Crippen LogP contribution in [-0.2, 0) is 4.74 Å². The molecule has 0 saturated carbocycles. The maximum Gasteiger partial charge on any atom is 0.163 e. The SMILES string of the molecule is COc1cc2c(cc1OCCCN1CCOCC1)N(Nc1ccc(F)c(Cl)c1)CC=N2. The highest BCUT2D eigenvalue weighted by Crippen LogP contribution is 2.41. The summed E-state index contributed by atoms with van der Waals surface area (Å²) in [6.07, 6.45) is 2.71. The molecule has 2 aliphatic rings. The first-order chi connectivity index (χ1) is 15.1. The average molecular weight is 449 g/mol. The molecule has 0 aliphatic carbocycles. The number of hydrogen-bond donors (Lipinski definition) is 1. The Labute approximate surface area is 186 Å². The lowest BCUT2D eigenvalue weighted by Gasteiger charge is -2.29. The number of rotatable bonds is 8. The van der Waals surface area contributed by atoms with Crippen LogP contribution in [0.4, 0.5) is 21.5 Å². The molecule has 2 aromatic carbocycles. The third kappa shape index (κ3) is 5.39. The molecule has 4 rings (SSSR count). The number of methoxy groups -OCH3 is 1. The van der Waals surface area contributed by atoms with Gasteiger partial charge in [-0.1, -0.05) is 11.6 Å². The molecule has 0 unspecified atom stereocenters. The van der Waals surface area contributed by atoms with Gasteiger partial charge in [0.15, 0.2) is 11.5 Å². The van der Waals surface area contributed by atoms with Crippen LogP contribution in [0.1, 0.15) is 6.42 Å². The fourth-order valence-electron chi connectivity index (χ4n) is 3.57. The third-order valence-electron chi connectivity index (χ3n) is 5.21. The van der Waals surface area contributed by atoms with Gasteiger partial charge in [-0.05, 0) is 24.6 Å². The van der Waals surface area contributed by atoms with Gasteiger partial charge in [0.25, 0.3) is 0 Å². The van der Waals surface area contributed by atoms with Crippen LogP contribution in [0.2, 0.25) is 5.02 Å². The predicted molar refractivity (Wildman–Crippen MR) is 121 cm³/mol. The smallest absolute Gasteiger partial charge is 0.163 e. The van der Waals surface area contributed by atoms with Gasteiger partial charge >= 0.3 is 0 Å². The Kier molecular flexibility index (Phi) is 7.11. The molecular weight excluding hydrogens is 423 g/mol. The topological polar surface area (TPSA) is 58.6 Å². The van der Waals surface area contributed by atoms with Gasteiger partial charge in [-0.15, -0.1) is 0 Å². The van der Waals surface area contributed by atoms with Crippen LogP contribution in [0.5, 0.6) is 11.5 Å². The molecule has 31 heavy (non-hydrogen) atoms. The second kappa shape index (κ2) is 10.2. The number of nitrogens with one attached hydrogen (secondary N) is 1. The van der Waals surface area contributed by atoms with Crippen LogP contribution >= 0.6 is 11.6 Å². The lowest BCUT2D eigenvalue weighted by molar-refractivity contribution is 0.0357. The van der Waals surface area contributed by atoms with Gasteiger partial charge in [0.05, 0.1) is 55.6 Å². The van der Waals surface area contributed by atoms with E-state index in [0.717, 1.165) is 50.6 Å². The summed E-state index contributed by atoms with van der Waals surface area (Å²) in [7, 11) is 1.62. The number of benzene rings is 2. The Hall–Kier alpha value is -2.55. The molecule has 2 aliphatic heterocycles. The van der Waals surface area contributed by atoms with Crippen molar-refractivity contribution in [2.45, 2.75) is 6.42 Å². The van der Waals surface area contributed by atoms with Gasteiger partial charge in [0.1, 0.15) is 5.82 Å². The summed E-state index contributed by atoms with van der Waals surface area (Å²) < 4.78 is 30.4. The Morgan fingerprint density at radius 2 is 2.03 bits per heavy atom. The zero-order valence-electron chi connectivity index (χ0n) is 17.4. The van der Waals surface area contributed by atoms with Gasteiger partial charge in [-0.25, -0.2) is 4.39 Å². The number of hydrazine groups is 1. The second-order valence-electron chi connectivity index (χ2n) is 7.31. The molecule has 0 aromatic heterocycles. The van der Waals surface area contributed by atoms with E-state index in [0.29, 0.717) is 30.3 Å². The number of aliphatic imine (C=N–C) groups is 1. The number of hydrogen-bond acceptors (Lipinski definition) is 7. The van der Waals surface area contributed by atoms with Gasteiger partial charge in [0, 0.05) is 38.0 Å². The number of fused-ring (bicyclic) bond motifs is 1. The van der Waals surface area contributed by atoms with E-state index in [1.807, 2.05) is 17.1 Å². The van der Waals surface area contributed by atoms with Crippen molar-refractivity contribution in [3.63, 3.8) is 0 Å². The van der Waals surface area contributed by atoms with Crippen LogP contribution in [0, 0.1) is 5.82 Å². The van der Waals surface area contributed by atoms with Crippen LogP contribution in [0.3, 0.4) is 0 Å². The molecule has 2 aromatic rings. The van der Waals surface area contributed by atoms with E-state index in [1.54, 1.807) is 25.5 Å². The Balaban J connectivity index is 1.45. The normalized spacial score (nSPS) is 16.2. The van der Waals surface area contributed by atoms with Crippen LogP contribution < -0.4 is 19.9 Å². The van der Waals surface area contributed by atoms with E-state index in [9.17, 15) is 4.39 Å². The molecule has 1 N–H and O–H groups in total. The van der Waals surface area contributed by atoms with E-state index in [-0.39, 0.29) is 5.02 Å². The van der Waals surface area contributed by atoms with E-state index in [1.165, 1.54) is 6.07 Å². The summed E-state index contributed by atoms with van der Waals surface area (Å²) in [5.74, 6) is 0.837. The highest BCUT2D eigenvalue weighted by atomic mass is 35.5. The monoisotopic (exact) mass is 448 g/mol. The van der Waals surface area contributed by atoms with E-state index >= 15 is 0 Å². The second-order valence-corrected chi connectivity index (χ2v) is 7.72. The molecule has 0 radical (unpaired) electrons. The number of halogens is 2. The molecular formula is C22H26ClFN4O3. The summed E-state index contributed by atoms with van der Waals surface area (Å²) in [6, 6.07) is 8.29. The van der Waals surface area contributed by atoms with Gasteiger partial charge < -0.3 is 14.2 Å². The molecule has 7 nitrogen and oxygen atoms in total. The average Bonchev–Trinajstić information content (AvgIpc) is 2.79. The molecule has 0 atom stereocenters. The van der Waals surface area contributed by atoms with Crippen molar-refractivity contribution in [1.29, 1.82) is 0 Å². The van der Waals surface area contributed by atoms with Gasteiger partial charge in [-0.2, -0.15) is 0 Å². The summed E-state index contributed by atoms with van der Waals surface area (Å²) in [6.45, 7) is 5.61. The molecule has 1 saturated heterocycles. The van der Waals surface area contributed by atoms with Crippen molar-refractivity contribution in [2.24, 2.45) is 4.99 Å². The standard InChI is InChI=1S/C22H26ClFN4O3/c1-29-21-14-19-20(15-22(21)31-10-2-6-27-8-11-30-12-9-27)28(7-5-25-19)26-16-3-4-18(24)17(23)13-16/h3-5,13-15,26H,2,6-12H2,1H3. The lowest BCUT2D eigenvalue weighted by atomic mass is 10.2. The van der Waals surface area contributed by atoms with Crippen molar-refractivity contribution in [3.05, 3.63) is 41.2 Å². The number of ether oxygens (including phenoxy) is 3. The highest BCUT2D eigenvalue weighted by Gasteiger charge is 2.20. The van der Waals surface area contributed by atoms with Crippen molar-refractivity contribution >= 4 is 34.9 Å². The minimum atomic E-state index is -0.453. The zero-order chi connectivity index (χ0) is 21.6. The molecule has 1 fully saturated rings. The molecule has 0 bridgehead atoms. The van der Waals surface area contributed by atoms with Crippen molar-refractivity contribution in [2.75, 3.05) is 63.5 Å². The zero-order valence-corrected chi connectivity index (χ0v) is 18.2. The number of nitrogens with zero attached hydrogens (tertiary/aromatic N) is 3. The maximum atomic E-state index is 13.5. The third-order valence-corrected chi connectivity index (χ3v) is 5.50. The highest BCUT2D eigenvalue weighted by molar-refractivity contribution is 6.31. The first-order valence-corrected chi connectivity index (χ1v) is 10.7. The number of anilines is 2. The predicted octanol–water partition coefficient (Wildman–Crippen LogP) is 4.14. The van der Waals surface area contributed by atoms with Gasteiger partial charge in [-0.3, -0.25) is 20.3 Å². The summed E-state index contributed by atoms with van der Waals surface area (Å²) in [5, 5.41) is 1.97. The minimum absolute atomic E-state index is 0.0647. The molecule has 2 heterocycles. The molecule has 9 heteroatoms. The van der Waals surface area contributed by atoms with Crippen LogP contribution in [0.25, 0.3) is 0 Å². The molecule has 0 amide bonds. The first-order valence-electron chi connectivity index (χ1n) is 10.3. The fourth-order valence-corrected chi connectivity index (χ4v) is 3.75. The summed E-state index contributed by atoms with van der Waals surface area (Å²) >= 11 is 5.92. The Morgan fingerprint density at radius 3 is 2.81 bits per heavy atom. The Morgan fingerprint density at radius 1 is 1.19 bits per heavy atom. The van der Waals surface area contributed by atoms with Crippen molar-refractivity contribution < 1.29 is 18.6 Å². The minimum Gasteiger partial charge on any atom is -0.493 e. The van der Waals surface area contributed by atoms with Crippen molar-refractivity contribution in [3.8, 4) is 11.5 Å². The van der Waals surface area contributed by atoms with E-state index < -0.39 is 5.82 Å². The Bertz CT molecular complexity index is 937. The fraction of sp³-hybridized carbons (Fsp3) is 0.409. The lowest BCUT2D eigenvalue weighted by Crippen LogP contribution is -2.37. The molecule has 0 spiro atoms. The van der Waals surface area contributed by atoms with Crippen LogP contribution in [0.15, 0.2) is 35.3 Å². The summed E-state index contributed by atoms with van der Waals surface area (Å²) in [4.78, 5) is 6.86.